The van der Waals surface area contributed by atoms with E-state index in [9.17, 15) is 14.7 Å². The summed E-state index contributed by atoms with van der Waals surface area (Å²) in [7, 11) is 19.0. The number of nitrogens with zero attached hydrogens (tertiary/aromatic N) is 5. The van der Waals surface area contributed by atoms with Crippen LogP contribution in [-0.4, -0.2) is 100 Å². The molecule has 2 atom stereocenters. The van der Waals surface area contributed by atoms with Crippen LogP contribution in [0.2, 0.25) is 5.15 Å². The van der Waals surface area contributed by atoms with Gasteiger partial charge in [-0.2, -0.15) is 0 Å². The number of fused-ring (bicyclic) bond motifs is 1. The predicted molar refractivity (Wildman–Crippen MR) is 240 cm³/mol. The molecule has 1 aromatic carbocycles. The summed E-state index contributed by atoms with van der Waals surface area (Å²) in [5, 5.41) is 17.5. The molecule has 8 rings (SSSR count). The average molecular weight is 874 g/mol. The Bertz CT molecular complexity index is 2300. The largest absolute Gasteiger partial charge is 0.488 e. The smallest absolute Gasteiger partial charge is 0.410 e. The van der Waals surface area contributed by atoms with E-state index in [1.165, 1.54) is 16.8 Å². The van der Waals surface area contributed by atoms with Gasteiger partial charge in [0, 0.05) is 53.7 Å². The van der Waals surface area contributed by atoms with Crippen molar-refractivity contribution in [2.45, 2.75) is 113 Å². The van der Waals surface area contributed by atoms with Crippen molar-refractivity contribution in [1.29, 1.82) is 0 Å². The van der Waals surface area contributed by atoms with Gasteiger partial charge in [0.15, 0.2) is 17.4 Å². The predicted octanol–water partition coefficient (Wildman–Crippen LogP) is 6.98. The maximum absolute atomic E-state index is 13.4. The number of rotatable bonds is 16. The molecule has 3 N–H and O–H groups in total. The molecule has 320 valence electrons. The number of anilines is 1. The highest BCUT2D eigenvalue weighted by Gasteiger charge is 2.90. The van der Waals surface area contributed by atoms with Crippen molar-refractivity contribution in [2.24, 2.45) is 22.7 Å². The fourth-order valence-corrected chi connectivity index (χ4v) is 10.4. The summed E-state index contributed by atoms with van der Waals surface area (Å²) in [4.78, 5) is 37.3. The van der Waals surface area contributed by atoms with Crippen LogP contribution < -0.4 is 19.5 Å². The Hall–Kier alpha value is -4.34. The molecule has 6 radical (unpaired) electrons. The quantitative estimate of drug-likeness (QED) is 0.0463. The van der Waals surface area contributed by atoms with Gasteiger partial charge in [0.2, 0.25) is 5.88 Å². The van der Waals surface area contributed by atoms with Crippen LogP contribution in [0.5, 0.6) is 11.6 Å². The van der Waals surface area contributed by atoms with Gasteiger partial charge in [0.05, 0.1) is 5.56 Å². The normalized spacial score (nSPS) is 20.4. The van der Waals surface area contributed by atoms with E-state index in [4.69, 9.17) is 54.3 Å². The molecule has 2 amide bonds. The number of hydrogen-bond acceptors (Lipinski definition) is 11. The van der Waals surface area contributed by atoms with Crippen molar-refractivity contribution in [3.63, 3.8) is 0 Å². The molecule has 13 nitrogen and oxygen atoms in total. The lowest BCUT2D eigenvalue weighted by Crippen LogP contribution is -2.62. The summed E-state index contributed by atoms with van der Waals surface area (Å²) in [6.45, 7) is 11.4. The SMILES string of the molecule is [B]C([B])(Oc1ccn(-c2ccc(C(=O)NSc3ccc(OCc4ccccc4)c(NCCCC4CN(C(=O)OC(C)(C)C)C(C)(C)C4)n3)c(Cl)n2)n1)C([B])(O)C1C2(CC2)C12CC2. The monoisotopic (exact) mass is 873 g/mol. The minimum absolute atomic E-state index is 0.0279. The van der Waals surface area contributed by atoms with Crippen LogP contribution in [0.3, 0.4) is 0 Å². The van der Waals surface area contributed by atoms with E-state index in [2.05, 4.69) is 34.0 Å². The Morgan fingerprint density at radius 1 is 0.984 bits per heavy atom. The molecule has 1 aliphatic heterocycles. The van der Waals surface area contributed by atoms with E-state index in [0.29, 0.717) is 48.0 Å². The molecule has 18 heteroatoms. The van der Waals surface area contributed by atoms with Crippen molar-refractivity contribution in [2.75, 3.05) is 18.4 Å². The topological polar surface area (TPSA) is 153 Å². The second-order valence-electron chi connectivity index (χ2n) is 18.9. The van der Waals surface area contributed by atoms with Crippen molar-refractivity contribution < 1.29 is 28.9 Å². The maximum Gasteiger partial charge on any atom is 0.410 e. The Labute approximate surface area is 376 Å². The first-order valence-electron chi connectivity index (χ1n) is 21.1. The van der Waals surface area contributed by atoms with Crippen LogP contribution in [0.25, 0.3) is 5.82 Å². The fraction of sp³-hybridized carbons (Fsp3) is 0.523. The van der Waals surface area contributed by atoms with Crippen LogP contribution in [-0.2, 0) is 11.3 Å². The standard InChI is InChI=1S/C44H51B3ClN7O6S/c1-39(2,3)61-38(57)54-25-28(24-40(54,4)5)12-9-22-49-35-30(59-26-27-10-7-6-8-11-27)14-16-33(51-35)62-53-36(56)29-13-15-31(50-34(29)48)55-23-17-32(52-55)60-44(46,47)43(45,58)37-41(18-19-41)42(37)20-21-42/h6-8,10-11,13-17,23,28,37,58H,9,12,18-22,24-26H2,1-5H3,(H,49,51)(H,53,56). The zero-order valence-corrected chi connectivity index (χ0v) is 37.4. The second kappa shape index (κ2) is 16.3. The molecule has 2 spiro atoms. The van der Waals surface area contributed by atoms with Crippen LogP contribution in [0.1, 0.15) is 95.5 Å². The highest BCUT2D eigenvalue weighted by atomic mass is 35.5. The van der Waals surface area contributed by atoms with Crippen molar-refractivity contribution in [3.8, 4) is 17.4 Å². The summed E-state index contributed by atoms with van der Waals surface area (Å²) in [6.07, 6.45) is 7.96. The highest BCUT2D eigenvalue weighted by Crippen LogP contribution is 2.94. The van der Waals surface area contributed by atoms with E-state index >= 15 is 0 Å². The lowest BCUT2D eigenvalue weighted by atomic mass is 9.47. The highest BCUT2D eigenvalue weighted by molar-refractivity contribution is 7.97. The summed E-state index contributed by atoms with van der Waals surface area (Å²) < 4.78 is 21.9. The molecule has 1 saturated heterocycles. The van der Waals surface area contributed by atoms with Gasteiger partial charge in [-0.05, 0) is 132 Å². The number of carbonyl (C=O) groups excluding carboxylic acids is 2. The molecule has 4 heterocycles. The van der Waals surface area contributed by atoms with Crippen LogP contribution in [0.15, 0.2) is 71.9 Å². The molecular weight excluding hydrogens is 822 g/mol. The molecule has 0 bridgehead atoms. The number of amides is 2. The first-order chi connectivity index (χ1) is 29.2. The molecule has 3 saturated carbocycles. The van der Waals surface area contributed by atoms with Gasteiger partial charge in [0.25, 0.3) is 5.91 Å². The fourth-order valence-electron chi connectivity index (χ4n) is 9.55. The van der Waals surface area contributed by atoms with E-state index in [1.54, 1.807) is 18.3 Å². The molecule has 4 aromatic rings. The lowest BCUT2D eigenvalue weighted by molar-refractivity contribution is -0.00719. The van der Waals surface area contributed by atoms with Gasteiger partial charge < -0.3 is 29.5 Å². The third-order valence-electron chi connectivity index (χ3n) is 12.8. The average Bonchev–Trinajstić information content (AvgIpc) is 4.16. The third-order valence-corrected chi connectivity index (χ3v) is 13.8. The van der Waals surface area contributed by atoms with Crippen molar-refractivity contribution in [1.82, 2.24) is 29.4 Å². The molecule has 2 unspecified atom stereocenters. The molecule has 3 aliphatic carbocycles. The summed E-state index contributed by atoms with van der Waals surface area (Å²) in [5.74, 6) is 1.07. The Morgan fingerprint density at radius 3 is 2.35 bits per heavy atom. The summed E-state index contributed by atoms with van der Waals surface area (Å²) >= 11 is 7.57. The summed E-state index contributed by atoms with van der Waals surface area (Å²) in [6, 6.07) is 18.1. The van der Waals surface area contributed by atoms with Crippen LogP contribution >= 0.6 is 23.5 Å². The Kier molecular flexibility index (Phi) is 11.7. The number of nitrogens with one attached hydrogen (secondary N) is 2. The zero-order chi connectivity index (χ0) is 44.3. The first kappa shape index (κ1) is 44.3. The van der Waals surface area contributed by atoms with E-state index in [0.717, 1.165) is 62.5 Å². The lowest BCUT2D eigenvalue weighted by Gasteiger charge is -2.42. The number of halogens is 1. The van der Waals surface area contributed by atoms with Crippen LogP contribution in [0.4, 0.5) is 10.6 Å². The van der Waals surface area contributed by atoms with Gasteiger partial charge in [-0.3, -0.25) is 9.52 Å². The van der Waals surface area contributed by atoms with E-state index in [-0.39, 0.29) is 45.0 Å². The van der Waals surface area contributed by atoms with E-state index < -0.39 is 22.4 Å². The number of hydrogen-bond donors (Lipinski definition) is 3. The minimum Gasteiger partial charge on any atom is -0.488 e. The summed E-state index contributed by atoms with van der Waals surface area (Å²) in [5.41, 5.74) is -1.60. The Balaban J connectivity index is 0.872. The third kappa shape index (κ3) is 8.91. The van der Waals surface area contributed by atoms with Gasteiger partial charge in [0.1, 0.15) is 45.9 Å². The molecule has 4 aliphatic rings. The number of aliphatic hydroxyl groups is 1. The number of pyridine rings is 2. The molecular formula is C44H51B3ClN7O6S. The molecule has 62 heavy (non-hydrogen) atoms. The van der Waals surface area contributed by atoms with Crippen LogP contribution in [0, 0.1) is 22.7 Å². The minimum atomic E-state index is -2.09. The maximum atomic E-state index is 13.4. The first-order valence-corrected chi connectivity index (χ1v) is 22.3. The van der Waals surface area contributed by atoms with Gasteiger partial charge in [-0.15, -0.1) is 5.10 Å². The van der Waals surface area contributed by atoms with Crippen molar-refractivity contribution in [3.05, 3.63) is 83.1 Å². The molecule has 4 fully saturated rings. The van der Waals surface area contributed by atoms with Crippen molar-refractivity contribution >= 4 is 64.9 Å². The number of benzene rings is 1. The van der Waals surface area contributed by atoms with Gasteiger partial charge in [-0.25, -0.2) is 19.4 Å². The number of aromatic nitrogens is 4. The Morgan fingerprint density at radius 2 is 1.69 bits per heavy atom. The van der Waals surface area contributed by atoms with Gasteiger partial charge in [-0.1, -0.05) is 41.9 Å². The molecule has 3 aromatic heterocycles. The zero-order valence-electron chi connectivity index (χ0n) is 35.8. The van der Waals surface area contributed by atoms with E-state index in [1.807, 2.05) is 62.1 Å². The van der Waals surface area contributed by atoms with Gasteiger partial charge >= 0.3 is 6.09 Å². The number of ether oxygens (including phenoxy) is 3. The number of likely N-dealkylation sites (tertiary alicyclic amines) is 1. The second-order valence-corrected chi connectivity index (χ2v) is 20.1. The number of carbonyl (C=O) groups is 2.